The predicted octanol–water partition coefficient (Wildman–Crippen LogP) is 1.86. The molecule has 2 rings (SSSR count). The van der Waals surface area contributed by atoms with Crippen molar-refractivity contribution >= 4 is 41.1 Å². The zero-order valence-corrected chi connectivity index (χ0v) is 9.64. The van der Waals surface area contributed by atoms with Crippen LogP contribution in [-0.4, -0.2) is 28.4 Å². The van der Waals surface area contributed by atoms with Crippen LogP contribution in [0.5, 0.6) is 5.75 Å². The van der Waals surface area contributed by atoms with Gasteiger partial charge in [-0.05, 0) is 12.1 Å². The molecule has 1 aliphatic rings. The van der Waals surface area contributed by atoms with Crippen molar-refractivity contribution in [1.82, 2.24) is 0 Å². The van der Waals surface area contributed by atoms with E-state index in [4.69, 9.17) is 11.6 Å². The van der Waals surface area contributed by atoms with E-state index in [0.29, 0.717) is 16.1 Å². The van der Waals surface area contributed by atoms with Gasteiger partial charge in [0.05, 0.1) is 11.6 Å². The van der Waals surface area contributed by atoms with Gasteiger partial charge in [0.2, 0.25) is 0 Å². The Labute approximate surface area is 101 Å². The van der Waals surface area contributed by atoms with Gasteiger partial charge in [0.25, 0.3) is 0 Å². The van der Waals surface area contributed by atoms with Gasteiger partial charge in [-0.15, -0.1) is 11.6 Å². The number of ketones is 1. The predicted molar refractivity (Wildman–Crippen MR) is 62.5 cm³/mol. The quantitative estimate of drug-likeness (QED) is 0.374. The number of nitrogens with one attached hydrogen (secondary N) is 1. The molecule has 0 spiro atoms. The highest BCUT2D eigenvalue weighted by atomic mass is 35.5. The summed E-state index contributed by atoms with van der Waals surface area (Å²) < 4.78 is 0. The van der Waals surface area contributed by atoms with Crippen LogP contribution >= 0.6 is 23.4 Å². The third-order valence-electron chi connectivity index (χ3n) is 2.21. The SMILES string of the molecule is O=CC1Nc2c(O)ccc(C(=O)CCl)c2S1. The van der Waals surface area contributed by atoms with Gasteiger partial charge < -0.3 is 15.2 Å². The van der Waals surface area contributed by atoms with Crippen LogP contribution < -0.4 is 5.32 Å². The van der Waals surface area contributed by atoms with Crippen LogP contribution in [0, 0.1) is 0 Å². The second-order valence-electron chi connectivity index (χ2n) is 3.21. The molecule has 1 heterocycles. The van der Waals surface area contributed by atoms with E-state index in [0.717, 1.165) is 6.29 Å². The average molecular weight is 258 g/mol. The highest BCUT2D eigenvalue weighted by molar-refractivity contribution is 8.01. The standard InChI is InChI=1S/C10H8ClNO3S/c11-3-7(15)5-1-2-6(14)9-10(5)16-8(4-13)12-9/h1-2,4,8,12,14H,3H2. The molecule has 1 atom stereocenters. The molecule has 0 aliphatic carbocycles. The lowest BCUT2D eigenvalue weighted by atomic mass is 10.1. The Balaban J connectivity index is 2.49. The van der Waals surface area contributed by atoms with E-state index in [1.165, 1.54) is 23.9 Å². The van der Waals surface area contributed by atoms with Crippen LogP contribution in [0.1, 0.15) is 10.4 Å². The number of hydrogen-bond acceptors (Lipinski definition) is 5. The molecule has 1 aromatic rings. The first-order valence-corrected chi connectivity index (χ1v) is 5.92. The number of carbonyl (C=O) groups is 2. The normalized spacial score (nSPS) is 17.7. The lowest BCUT2D eigenvalue weighted by Crippen LogP contribution is -2.10. The molecule has 0 saturated heterocycles. The first-order valence-electron chi connectivity index (χ1n) is 4.51. The summed E-state index contributed by atoms with van der Waals surface area (Å²) in [6.45, 7) is 0. The summed E-state index contributed by atoms with van der Waals surface area (Å²) in [5.41, 5.74) is 0.864. The van der Waals surface area contributed by atoms with E-state index in [-0.39, 0.29) is 17.4 Å². The first-order chi connectivity index (χ1) is 7.67. The monoisotopic (exact) mass is 257 g/mol. The third-order valence-corrected chi connectivity index (χ3v) is 3.60. The van der Waals surface area contributed by atoms with Crippen molar-refractivity contribution in [2.24, 2.45) is 0 Å². The highest BCUT2D eigenvalue weighted by Gasteiger charge is 2.28. The Hall–Kier alpha value is -1.20. The number of Topliss-reactive ketones (excluding diaryl/α,β-unsaturated/α-hetero) is 1. The number of benzene rings is 1. The van der Waals surface area contributed by atoms with Crippen LogP contribution in [0.4, 0.5) is 5.69 Å². The lowest BCUT2D eigenvalue weighted by molar-refractivity contribution is -0.107. The summed E-state index contributed by atoms with van der Waals surface area (Å²) in [6, 6.07) is 2.93. The molecule has 1 aliphatic heterocycles. The van der Waals surface area contributed by atoms with E-state index >= 15 is 0 Å². The molecule has 2 N–H and O–H groups in total. The minimum Gasteiger partial charge on any atom is -0.506 e. The zero-order chi connectivity index (χ0) is 11.7. The zero-order valence-electron chi connectivity index (χ0n) is 8.07. The van der Waals surface area contributed by atoms with Crippen molar-refractivity contribution < 1.29 is 14.7 Å². The first kappa shape index (κ1) is 11.3. The van der Waals surface area contributed by atoms with Gasteiger partial charge in [0.15, 0.2) is 12.1 Å². The topological polar surface area (TPSA) is 66.4 Å². The van der Waals surface area contributed by atoms with Crippen LogP contribution in [-0.2, 0) is 4.79 Å². The minimum absolute atomic E-state index is 0.0259. The number of alkyl halides is 1. The molecule has 16 heavy (non-hydrogen) atoms. The summed E-state index contributed by atoms with van der Waals surface area (Å²) in [4.78, 5) is 22.8. The smallest absolute Gasteiger partial charge is 0.178 e. The van der Waals surface area contributed by atoms with Crippen LogP contribution in [0.25, 0.3) is 0 Å². The van der Waals surface area contributed by atoms with Crippen LogP contribution in [0.3, 0.4) is 0 Å². The molecule has 1 unspecified atom stereocenters. The number of rotatable bonds is 3. The van der Waals surface area contributed by atoms with E-state index in [1.54, 1.807) is 0 Å². The van der Waals surface area contributed by atoms with Crippen molar-refractivity contribution in [1.29, 1.82) is 0 Å². The van der Waals surface area contributed by atoms with Gasteiger partial charge >= 0.3 is 0 Å². The van der Waals surface area contributed by atoms with Gasteiger partial charge in [-0.2, -0.15) is 0 Å². The molecule has 6 heteroatoms. The Morgan fingerprint density at radius 2 is 2.38 bits per heavy atom. The molecule has 84 valence electrons. The molecular formula is C10H8ClNO3S. The summed E-state index contributed by atoms with van der Waals surface area (Å²) in [7, 11) is 0. The maximum atomic E-state index is 11.5. The Kier molecular flexibility index (Phi) is 3.07. The second-order valence-corrected chi connectivity index (χ2v) is 4.63. The minimum atomic E-state index is -0.467. The van der Waals surface area contributed by atoms with Crippen molar-refractivity contribution in [3.63, 3.8) is 0 Å². The summed E-state index contributed by atoms with van der Waals surface area (Å²) in [5, 5.41) is 11.9. The number of aromatic hydroxyl groups is 1. The molecule has 1 aromatic carbocycles. The number of thioether (sulfide) groups is 1. The summed E-state index contributed by atoms with van der Waals surface area (Å²) in [6.07, 6.45) is 0.721. The fraction of sp³-hybridized carbons (Fsp3) is 0.200. The van der Waals surface area contributed by atoms with E-state index in [1.807, 2.05) is 0 Å². The van der Waals surface area contributed by atoms with E-state index in [9.17, 15) is 14.7 Å². The number of phenols is 1. The number of halogens is 1. The number of fused-ring (bicyclic) bond motifs is 1. The molecule has 0 radical (unpaired) electrons. The third kappa shape index (κ3) is 1.76. The second kappa shape index (κ2) is 4.35. The fourth-order valence-corrected chi connectivity index (χ4v) is 2.71. The number of anilines is 1. The Morgan fingerprint density at radius 1 is 1.62 bits per heavy atom. The maximum absolute atomic E-state index is 11.5. The van der Waals surface area contributed by atoms with Gasteiger partial charge in [-0.25, -0.2) is 0 Å². The van der Waals surface area contributed by atoms with Gasteiger partial charge in [0, 0.05) is 10.5 Å². The van der Waals surface area contributed by atoms with Crippen molar-refractivity contribution in [3.8, 4) is 5.75 Å². The average Bonchev–Trinajstić information content (AvgIpc) is 2.73. The van der Waals surface area contributed by atoms with E-state index < -0.39 is 5.37 Å². The maximum Gasteiger partial charge on any atom is 0.178 e. The Morgan fingerprint density at radius 3 is 3.00 bits per heavy atom. The van der Waals surface area contributed by atoms with Crippen molar-refractivity contribution in [3.05, 3.63) is 17.7 Å². The van der Waals surface area contributed by atoms with Gasteiger partial charge in [0.1, 0.15) is 11.1 Å². The van der Waals surface area contributed by atoms with Crippen molar-refractivity contribution in [2.45, 2.75) is 10.3 Å². The Bertz CT molecular complexity index is 464. The number of carbonyl (C=O) groups excluding carboxylic acids is 2. The lowest BCUT2D eigenvalue weighted by Gasteiger charge is -2.05. The largest absolute Gasteiger partial charge is 0.506 e. The molecule has 0 saturated carbocycles. The molecule has 0 bridgehead atoms. The number of aldehydes is 1. The molecule has 0 aromatic heterocycles. The van der Waals surface area contributed by atoms with Crippen LogP contribution in [0.15, 0.2) is 17.0 Å². The summed E-state index contributed by atoms with van der Waals surface area (Å²) >= 11 is 6.69. The van der Waals surface area contributed by atoms with Gasteiger partial charge in [-0.1, -0.05) is 11.8 Å². The fourth-order valence-electron chi connectivity index (χ4n) is 1.49. The van der Waals surface area contributed by atoms with Gasteiger partial charge in [-0.3, -0.25) is 4.79 Å². The number of phenolic OH excluding ortho intramolecular Hbond substituents is 1. The number of hydrogen-bond donors (Lipinski definition) is 2. The summed E-state index contributed by atoms with van der Waals surface area (Å²) in [5.74, 6) is -0.319. The molecule has 0 fully saturated rings. The van der Waals surface area contributed by atoms with Crippen molar-refractivity contribution in [2.75, 3.05) is 11.2 Å². The molecular weight excluding hydrogens is 250 g/mol. The van der Waals surface area contributed by atoms with E-state index in [2.05, 4.69) is 5.32 Å². The highest BCUT2D eigenvalue weighted by Crippen LogP contribution is 2.45. The molecule has 0 amide bonds. The van der Waals surface area contributed by atoms with Crippen LogP contribution in [0.2, 0.25) is 0 Å². The molecule has 4 nitrogen and oxygen atoms in total.